The van der Waals surface area contributed by atoms with Gasteiger partial charge in [0.15, 0.2) is 6.39 Å². The van der Waals surface area contributed by atoms with Crippen LogP contribution in [-0.4, -0.2) is 40.0 Å². The number of carboxylic acid groups (broad SMARTS) is 1. The molecule has 19 heavy (non-hydrogen) atoms. The van der Waals surface area contributed by atoms with Crippen LogP contribution in [0.1, 0.15) is 35.5 Å². The Morgan fingerprint density at radius 2 is 2.16 bits per heavy atom. The van der Waals surface area contributed by atoms with Gasteiger partial charge in [-0.1, -0.05) is 0 Å². The van der Waals surface area contributed by atoms with Gasteiger partial charge in [0.25, 0.3) is 5.91 Å². The van der Waals surface area contributed by atoms with Gasteiger partial charge in [-0.2, -0.15) is 0 Å². The Morgan fingerprint density at radius 1 is 1.47 bits per heavy atom. The van der Waals surface area contributed by atoms with Crippen molar-refractivity contribution in [2.75, 3.05) is 13.1 Å². The number of amides is 1. The van der Waals surface area contributed by atoms with Crippen molar-refractivity contribution in [2.45, 2.75) is 26.2 Å². The van der Waals surface area contributed by atoms with Gasteiger partial charge >= 0.3 is 5.97 Å². The van der Waals surface area contributed by atoms with Gasteiger partial charge in [0, 0.05) is 13.1 Å². The van der Waals surface area contributed by atoms with Crippen molar-refractivity contribution < 1.29 is 19.1 Å². The lowest BCUT2D eigenvalue weighted by atomic mass is 9.90. The van der Waals surface area contributed by atoms with E-state index >= 15 is 0 Å². The molecule has 1 amide bonds. The molecule has 6 nitrogen and oxygen atoms in total. The van der Waals surface area contributed by atoms with E-state index in [-0.39, 0.29) is 17.2 Å². The fourth-order valence-corrected chi connectivity index (χ4v) is 3.06. The number of nitrogens with zero attached hydrogens (tertiary/aromatic N) is 2. The topological polar surface area (TPSA) is 83.6 Å². The monoisotopic (exact) mass is 264 g/mol. The van der Waals surface area contributed by atoms with Crippen LogP contribution in [0.4, 0.5) is 0 Å². The summed E-state index contributed by atoms with van der Waals surface area (Å²) in [6.07, 6.45) is 3.56. The molecule has 6 heteroatoms. The number of carbonyl (C=O) groups is 2. The number of aromatic nitrogens is 1. The highest BCUT2D eigenvalue weighted by molar-refractivity contribution is 5.92. The first-order valence-electron chi connectivity index (χ1n) is 6.46. The summed E-state index contributed by atoms with van der Waals surface area (Å²) >= 11 is 0. The second kappa shape index (κ2) is 4.08. The lowest BCUT2D eigenvalue weighted by Gasteiger charge is -2.32. The highest BCUT2D eigenvalue weighted by atomic mass is 16.4. The third-order valence-corrected chi connectivity index (χ3v) is 4.47. The molecule has 3 rings (SSSR count). The third-order valence-electron chi connectivity index (χ3n) is 4.47. The number of likely N-dealkylation sites (tertiary alicyclic amines) is 1. The van der Waals surface area contributed by atoms with Crippen LogP contribution in [0, 0.1) is 18.3 Å². The average Bonchev–Trinajstić information content (AvgIpc) is 2.92. The van der Waals surface area contributed by atoms with Gasteiger partial charge in [-0.3, -0.25) is 9.59 Å². The van der Waals surface area contributed by atoms with Crippen LogP contribution in [0.5, 0.6) is 0 Å². The fourth-order valence-electron chi connectivity index (χ4n) is 3.06. The van der Waals surface area contributed by atoms with Gasteiger partial charge in [-0.05, 0) is 31.6 Å². The van der Waals surface area contributed by atoms with Crippen LogP contribution >= 0.6 is 0 Å². The maximum absolute atomic E-state index is 12.2. The Labute approximate surface area is 110 Å². The smallest absolute Gasteiger partial charge is 0.307 e. The zero-order chi connectivity index (χ0) is 13.6. The summed E-state index contributed by atoms with van der Waals surface area (Å²) < 4.78 is 5.11. The molecule has 1 N–H and O–H groups in total. The molecule has 1 atom stereocenters. The van der Waals surface area contributed by atoms with E-state index in [0.717, 1.165) is 19.3 Å². The van der Waals surface area contributed by atoms with E-state index in [9.17, 15) is 9.59 Å². The number of carbonyl (C=O) groups excluding carboxylic acids is 1. The molecule has 1 unspecified atom stereocenters. The van der Waals surface area contributed by atoms with Crippen molar-refractivity contribution in [1.82, 2.24) is 9.88 Å². The van der Waals surface area contributed by atoms with E-state index in [2.05, 4.69) is 4.98 Å². The van der Waals surface area contributed by atoms with E-state index in [1.165, 1.54) is 6.39 Å². The number of carboxylic acids is 1. The Balaban J connectivity index is 1.64. The fraction of sp³-hybridized carbons (Fsp3) is 0.615. The van der Waals surface area contributed by atoms with Crippen molar-refractivity contribution in [3.8, 4) is 0 Å². The molecule has 1 saturated heterocycles. The van der Waals surface area contributed by atoms with Crippen LogP contribution in [0.3, 0.4) is 0 Å². The lowest BCUT2D eigenvalue weighted by molar-refractivity contribution is -0.139. The molecule has 0 radical (unpaired) electrons. The minimum atomic E-state index is -0.703. The number of hydrogen-bond acceptors (Lipinski definition) is 4. The van der Waals surface area contributed by atoms with Gasteiger partial charge < -0.3 is 14.4 Å². The Hall–Kier alpha value is -1.85. The van der Waals surface area contributed by atoms with Gasteiger partial charge in [0.1, 0.15) is 0 Å². The third kappa shape index (κ3) is 1.91. The second-order valence-corrected chi connectivity index (χ2v) is 5.52. The minimum Gasteiger partial charge on any atom is -0.481 e. The first kappa shape index (κ1) is 12.2. The van der Waals surface area contributed by atoms with Gasteiger partial charge in [-0.15, -0.1) is 0 Å². The summed E-state index contributed by atoms with van der Waals surface area (Å²) in [5, 5.41) is 9.03. The predicted molar refractivity (Wildman–Crippen MR) is 64.6 cm³/mol. The van der Waals surface area contributed by atoms with Gasteiger partial charge in [0.05, 0.1) is 11.6 Å². The number of aliphatic carboxylic acids is 1. The summed E-state index contributed by atoms with van der Waals surface area (Å²) in [5.74, 6) is -0.762. The summed E-state index contributed by atoms with van der Waals surface area (Å²) in [6.45, 7) is 2.94. The summed E-state index contributed by atoms with van der Waals surface area (Å²) in [7, 11) is 0. The highest BCUT2D eigenvalue weighted by Gasteiger charge is 2.59. The number of piperidine rings is 1. The van der Waals surface area contributed by atoms with Crippen LogP contribution in [0.2, 0.25) is 0 Å². The van der Waals surface area contributed by atoms with Crippen molar-refractivity contribution >= 4 is 11.9 Å². The normalized spacial score (nSPS) is 24.5. The molecule has 0 bridgehead atoms. The molecule has 2 heterocycles. The Kier molecular flexibility index (Phi) is 2.62. The maximum Gasteiger partial charge on any atom is 0.307 e. The van der Waals surface area contributed by atoms with E-state index in [1.54, 1.807) is 11.8 Å². The molecule has 1 aliphatic heterocycles. The van der Waals surface area contributed by atoms with Crippen LogP contribution < -0.4 is 0 Å². The van der Waals surface area contributed by atoms with Gasteiger partial charge in [0.2, 0.25) is 5.76 Å². The number of rotatable bonds is 2. The Morgan fingerprint density at radius 3 is 2.63 bits per heavy atom. The first-order chi connectivity index (χ1) is 9.03. The molecule has 1 saturated carbocycles. The second-order valence-electron chi connectivity index (χ2n) is 5.52. The zero-order valence-corrected chi connectivity index (χ0v) is 10.8. The molecule has 102 valence electrons. The molecule has 2 aliphatic rings. The molecule has 1 spiro atoms. The minimum absolute atomic E-state index is 0.0565. The van der Waals surface area contributed by atoms with E-state index in [4.69, 9.17) is 9.52 Å². The summed E-state index contributed by atoms with van der Waals surface area (Å²) in [4.78, 5) is 28.8. The maximum atomic E-state index is 12.2. The lowest BCUT2D eigenvalue weighted by Crippen LogP contribution is -2.40. The quantitative estimate of drug-likeness (QED) is 0.870. The van der Waals surface area contributed by atoms with Crippen molar-refractivity contribution in [2.24, 2.45) is 11.3 Å². The summed E-state index contributed by atoms with van der Waals surface area (Å²) in [6, 6.07) is 0. The summed E-state index contributed by atoms with van der Waals surface area (Å²) in [5.41, 5.74) is 0.541. The van der Waals surface area contributed by atoms with Crippen LogP contribution in [0.15, 0.2) is 10.8 Å². The molecule has 1 aromatic heterocycles. The standard InChI is InChI=1S/C13H16N2O4/c1-8-10(19-7-14-8)11(16)15-4-2-13(3-5-15)6-9(13)12(17)18/h7,9H,2-6H2,1H3,(H,17,18). The molecule has 2 fully saturated rings. The van der Waals surface area contributed by atoms with Crippen LogP contribution in [-0.2, 0) is 4.79 Å². The van der Waals surface area contributed by atoms with Crippen molar-refractivity contribution in [3.63, 3.8) is 0 Å². The molecule has 0 aromatic carbocycles. The highest BCUT2D eigenvalue weighted by Crippen LogP contribution is 2.59. The van der Waals surface area contributed by atoms with Crippen molar-refractivity contribution in [3.05, 3.63) is 17.8 Å². The SMILES string of the molecule is Cc1ncoc1C(=O)N1CCC2(CC1)CC2C(=O)O. The number of hydrogen-bond donors (Lipinski definition) is 1. The van der Waals surface area contributed by atoms with Crippen LogP contribution in [0.25, 0.3) is 0 Å². The number of oxazole rings is 1. The predicted octanol–water partition coefficient (Wildman–Crippen LogP) is 1.31. The zero-order valence-electron chi connectivity index (χ0n) is 10.8. The van der Waals surface area contributed by atoms with Crippen molar-refractivity contribution in [1.29, 1.82) is 0 Å². The molecule has 1 aliphatic carbocycles. The molecular formula is C13H16N2O4. The van der Waals surface area contributed by atoms with E-state index in [1.807, 2.05) is 0 Å². The molecular weight excluding hydrogens is 248 g/mol. The largest absolute Gasteiger partial charge is 0.481 e. The molecule has 1 aromatic rings. The van der Waals surface area contributed by atoms with E-state index in [0.29, 0.717) is 24.5 Å². The Bertz CT molecular complexity index is 529. The number of aryl methyl sites for hydroxylation is 1. The first-order valence-corrected chi connectivity index (χ1v) is 6.46. The van der Waals surface area contributed by atoms with Gasteiger partial charge in [-0.25, -0.2) is 4.98 Å². The average molecular weight is 264 g/mol. The van der Waals surface area contributed by atoms with E-state index < -0.39 is 5.97 Å².